The highest BCUT2D eigenvalue weighted by molar-refractivity contribution is 6.30. The SMILES string of the molecule is CC[C@@H](c1cccc(Cl)c1)[C@@H]1CCCN(C(=O)N[C@H](CNC)CC2CCCCC2)C1. The van der Waals surface area contributed by atoms with Gasteiger partial charge in [-0.05, 0) is 68.2 Å². The van der Waals surface area contributed by atoms with E-state index in [0.29, 0.717) is 11.8 Å². The van der Waals surface area contributed by atoms with Crippen LogP contribution < -0.4 is 10.6 Å². The van der Waals surface area contributed by atoms with E-state index in [-0.39, 0.29) is 12.1 Å². The highest BCUT2D eigenvalue weighted by Gasteiger charge is 2.30. The van der Waals surface area contributed by atoms with Gasteiger partial charge < -0.3 is 15.5 Å². The molecule has 1 saturated carbocycles. The molecule has 0 unspecified atom stereocenters. The predicted molar refractivity (Wildman–Crippen MR) is 126 cm³/mol. The van der Waals surface area contributed by atoms with E-state index in [1.165, 1.54) is 44.1 Å². The second-order valence-corrected chi connectivity index (χ2v) is 9.80. The van der Waals surface area contributed by atoms with E-state index >= 15 is 0 Å². The minimum absolute atomic E-state index is 0.122. The Kier molecular flexibility index (Phi) is 9.32. The summed E-state index contributed by atoms with van der Waals surface area (Å²) in [5, 5.41) is 7.45. The molecule has 5 heteroatoms. The summed E-state index contributed by atoms with van der Waals surface area (Å²) in [5.74, 6) is 1.71. The normalized spacial score (nSPS) is 22.5. The van der Waals surface area contributed by atoms with Gasteiger partial charge in [-0.1, -0.05) is 62.8 Å². The first kappa shape index (κ1) is 23.4. The van der Waals surface area contributed by atoms with Crippen molar-refractivity contribution in [3.63, 3.8) is 0 Å². The van der Waals surface area contributed by atoms with Crippen molar-refractivity contribution in [2.75, 3.05) is 26.7 Å². The average molecular weight is 434 g/mol. The van der Waals surface area contributed by atoms with Gasteiger partial charge in [0.25, 0.3) is 0 Å². The number of urea groups is 1. The van der Waals surface area contributed by atoms with Crippen LogP contribution in [0.3, 0.4) is 0 Å². The Labute approximate surface area is 188 Å². The van der Waals surface area contributed by atoms with E-state index in [4.69, 9.17) is 11.6 Å². The fourth-order valence-electron chi connectivity index (χ4n) is 5.63. The molecule has 168 valence electrons. The van der Waals surface area contributed by atoms with Crippen molar-refractivity contribution in [3.8, 4) is 0 Å². The van der Waals surface area contributed by atoms with Crippen LogP contribution >= 0.6 is 11.6 Å². The molecule has 2 aliphatic rings. The standard InChI is InChI=1S/C25H40ClN3O/c1-3-24(20-11-7-13-22(26)16-20)21-12-8-14-29(18-21)25(30)28-23(17-27-2)15-19-9-5-4-6-10-19/h7,11,13,16,19,21,23-24,27H,3-6,8-10,12,14-15,17-18H2,1-2H3,(H,28,30)/t21-,23+,24+/m1/s1. The molecule has 3 rings (SSSR count). The third kappa shape index (κ3) is 6.62. The summed E-state index contributed by atoms with van der Waals surface area (Å²) in [6, 6.07) is 8.61. The lowest BCUT2D eigenvalue weighted by atomic mass is 9.79. The van der Waals surface area contributed by atoms with Gasteiger partial charge in [0.1, 0.15) is 0 Å². The molecular weight excluding hydrogens is 394 g/mol. The molecule has 1 saturated heterocycles. The number of rotatable bonds is 8. The molecule has 0 aromatic heterocycles. The van der Waals surface area contributed by atoms with E-state index in [9.17, 15) is 4.79 Å². The lowest BCUT2D eigenvalue weighted by molar-refractivity contribution is 0.149. The number of amides is 2. The van der Waals surface area contributed by atoms with Crippen molar-refractivity contribution in [2.24, 2.45) is 11.8 Å². The van der Waals surface area contributed by atoms with Crippen molar-refractivity contribution in [3.05, 3.63) is 34.9 Å². The van der Waals surface area contributed by atoms with E-state index in [1.54, 1.807) is 0 Å². The Hall–Kier alpha value is -1.26. The van der Waals surface area contributed by atoms with Crippen LogP contribution in [0.5, 0.6) is 0 Å². The Morgan fingerprint density at radius 1 is 1.20 bits per heavy atom. The molecule has 0 radical (unpaired) electrons. The van der Waals surface area contributed by atoms with Gasteiger partial charge >= 0.3 is 6.03 Å². The fourth-order valence-corrected chi connectivity index (χ4v) is 5.83. The summed E-state index contributed by atoms with van der Waals surface area (Å²) in [5.41, 5.74) is 1.31. The Balaban J connectivity index is 1.59. The molecule has 1 aromatic rings. The number of likely N-dealkylation sites (N-methyl/N-ethyl adjacent to an activating group) is 1. The monoisotopic (exact) mass is 433 g/mol. The summed E-state index contributed by atoms with van der Waals surface area (Å²) in [6.07, 6.45) is 11.1. The summed E-state index contributed by atoms with van der Waals surface area (Å²) in [4.78, 5) is 15.2. The third-order valence-electron chi connectivity index (χ3n) is 7.15. The molecule has 1 heterocycles. The highest BCUT2D eigenvalue weighted by Crippen LogP contribution is 2.35. The molecule has 2 N–H and O–H groups in total. The third-order valence-corrected chi connectivity index (χ3v) is 7.39. The average Bonchev–Trinajstić information content (AvgIpc) is 2.75. The molecule has 30 heavy (non-hydrogen) atoms. The van der Waals surface area contributed by atoms with Crippen molar-refractivity contribution in [1.82, 2.24) is 15.5 Å². The summed E-state index contributed by atoms with van der Waals surface area (Å²) < 4.78 is 0. The van der Waals surface area contributed by atoms with Crippen LogP contribution in [0.4, 0.5) is 4.79 Å². The molecular formula is C25H40ClN3O. The van der Waals surface area contributed by atoms with Gasteiger partial charge in [-0.2, -0.15) is 0 Å². The van der Waals surface area contributed by atoms with Gasteiger partial charge in [-0.3, -0.25) is 0 Å². The van der Waals surface area contributed by atoms with Crippen LogP contribution in [0.15, 0.2) is 24.3 Å². The summed E-state index contributed by atoms with van der Waals surface area (Å²) in [6.45, 7) is 4.80. The van der Waals surface area contributed by atoms with E-state index in [0.717, 1.165) is 49.8 Å². The molecule has 2 amide bonds. The fraction of sp³-hybridized carbons (Fsp3) is 0.720. The first-order chi connectivity index (χ1) is 14.6. The van der Waals surface area contributed by atoms with Gasteiger partial charge in [0.15, 0.2) is 0 Å². The highest BCUT2D eigenvalue weighted by atomic mass is 35.5. The van der Waals surface area contributed by atoms with Crippen molar-refractivity contribution in [2.45, 2.75) is 76.7 Å². The second-order valence-electron chi connectivity index (χ2n) is 9.36. The number of benzene rings is 1. The Morgan fingerprint density at radius 3 is 2.70 bits per heavy atom. The Bertz CT molecular complexity index is 662. The van der Waals surface area contributed by atoms with Gasteiger partial charge in [-0.15, -0.1) is 0 Å². The molecule has 0 spiro atoms. The van der Waals surface area contributed by atoms with Crippen molar-refractivity contribution in [1.29, 1.82) is 0 Å². The maximum atomic E-state index is 13.1. The molecule has 4 nitrogen and oxygen atoms in total. The number of carbonyl (C=O) groups is 1. The van der Waals surface area contributed by atoms with Crippen molar-refractivity contribution < 1.29 is 4.79 Å². The van der Waals surface area contributed by atoms with Gasteiger partial charge in [-0.25, -0.2) is 4.79 Å². The van der Waals surface area contributed by atoms with E-state index in [1.807, 2.05) is 19.2 Å². The number of nitrogens with one attached hydrogen (secondary N) is 2. The molecule has 2 fully saturated rings. The number of hydrogen-bond acceptors (Lipinski definition) is 2. The van der Waals surface area contributed by atoms with Crippen LogP contribution in [0.2, 0.25) is 5.02 Å². The van der Waals surface area contributed by atoms with E-state index < -0.39 is 0 Å². The van der Waals surface area contributed by atoms with Gasteiger partial charge in [0.05, 0.1) is 0 Å². The van der Waals surface area contributed by atoms with Crippen molar-refractivity contribution >= 4 is 17.6 Å². The zero-order valence-electron chi connectivity index (χ0n) is 18.8. The summed E-state index contributed by atoms with van der Waals surface area (Å²) >= 11 is 6.25. The number of nitrogens with zero attached hydrogens (tertiary/aromatic N) is 1. The number of piperidine rings is 1. The lowest BCUT2D eigenvalue weighted by Gasteiger charge is -2.38. The number of carbonyl (C=O) groups excluding carboxylic acids is 1. The van der Waals surface area contributed by atoms with Gasteiger partial charge in [0.2, 0.25) is 0 Å². The maximum Gasteiger partial charge on any atom is 0.317 e. The van der Waals surface area contributed by atoms with E-state index in [2.05, 4.69) is 34.6 Å². The van der Waals surface area contributed by atoms with Crippen LogP contribution in [0.1, 0.15) is 76.2 Å². The quantitative estimate of drug-likeness (QED) is 0.543. The molecule has 0 bridgehead atoms. The first-order valence-corrected chi connectivity index (χ1v) is 12.4. The van der Waals surface area contributed by atoms with Gasteiger partial charge in [0, 0.05) is 30.7 Å². The van der Waals surface area contributed by atoms with Crippen LogP contribution in [0.25, 0.3) is 0 Å². The molecule has 3 atom stereocenters. The first-order valence-electron chi connectivity index (χ1n) is 12.1. The number of hydrogen-bond donors (Lipinski definition) is 2. The maximum absolute atomic E-state index is 13.1. The number of likely N-dealkylation sites (tertiary alicyclic amines) is 1. The summed E-state index contributed by atoms with van der Waals surface area (Å²) in [7, 11) is 1.98. The smallest absolute Gasteiger partial charge is 0.317 e. The second kappa shape index (κ2) is 12.0. The largest absolute Gasteiger partial charge is 0.334 e. The molecule has 1 aromatic carbocycles. The zero-order chi connectivity index (χ0) is 21.3. The molecule has 1 aliphatic carbocycles. The predicted octanol–water partition coefficient (Wildman–Crippen LogP) is 5.81. The topological polar surface area (TPSA) is 44.4 Å². The minimum Gasteiger partial charge on any atom is -0.334 e. The number of halogens is 1. The minimum atomic E-state index is 0.122. The zero-order valence-corrected chi connectivity index (χ0v) is 19.6. The molecule has 1 aliphatic heterocycles. The Morgan fingerprint density at radius 2 is 2.00 bits per heavy atom. The van der Waals surface area contributed by atoms with Crippen LogP contribution in [0, 0.1) is 11.8 Å². The van der Waals surface area contributed by atoms with Crippen LogP contribution in [-0.4, -0.2) is 43.7 Å². The lowest BCUT2D eigenvalue weighted by Crippen LogP contribution is -2.51. The van der Waals surface area contributed by atoms with Crippen LogP contribution in [-0.2, 0) is 0 Å².